The largest absolute Gasteiger partial charge is 0.381 e. The molecule has 1 saturated heterocycles. The van der Waals surface area contributed by atoms with E-state index in [0.29, 0.717) is 5.41 Å². The van der Waals surface area contributed by atoms with Crippen molar-refractivity contribution in [2.24, 2.45) is 11.3 Å². The molecule has 0 spiro atoms. The lowest BCUT2D eigenvalue weighted by Crippen LogP contribution is -2.18. The quantitative estimate of drug-likeness (QED) is 0.601. The van der Waals surface area contributed by atoms with E-state index >= 15 is 0 Å². The zero-order chi connectivity index (χ0) is 8.32. The van der Waals surface area contributed by atoms with Gasteiger partial charge in [0.05, 0.1) is 0 Å². The van der Waals surface area contributed by atoms with Gasteiger partial charge in [-0.15, -0.1) is 11.6 Å². The highest BCUT2D eigenvalue weighted by Crippen LogP contribution is 2.30. The first kappa shape index (κ1) is 9.34. The van der Waals surface area contributed by atoms with Gasteiger partial charge in [-0.25, -0.2) is 0 Å². The summed E-state index contributed by atoms with van der Waals surface area (Å²) in [4.78, 5) is 0. The van der Waals surface area contributed by atoms with Gasteiger partial charge in [-0.05, 0) is 24.2 Å². The fourth-order valence-corrected chi connectivity index (χ4v) is 1.69. The normalized spacial score (nSPS) is 25.9. The number of alkyl halides is 1. The third-order valence-corrected chi connectivity index (χ3v) is 2.95. The Morgan fingerprint density at radius 2 is 2.27 bits per heavy atom. The van der Waals surface area contributed by atoms with E-state index in [1.54, 1.807) is 0 Å². The lowest BCUT2D eigenvalue weighted by atomic mass is 9.84. The average molecular weight is 177 g/mol. The topological polar surface area (TPSA) is 9.23 Å². The molecule has 0 saturated carbocycles. The van der Waals surface area contributed by atoms with Crippen LogP contribution in [0.2, 0.25) is 0 Å². The Morgan fingerprint density at radius 3 is 2.73 bits per heavy atom. The molecular formula is C9H17ClO. The summed E-state index contributed by atoms with van der Waals surface area (Å²) in [6.45, 7) is 6.33. The van der Waals surface area contributed by atoms with Gasteiger partial charge in [0, 0.05) is 19.1 Å². The van der Waals surface area contributed by atoms with Crippen molar-refractivity contribution in [1.82, 2.24) is 0 Å². The Balaban J connectivity index is 2.28. The highest BCUT2D eigenvalue weighted by molar-refractivity contribution is 6.18. The van der Waals surface area contributed by atoms with Crippen LogP contribution >= 0.6 is 11.6 Å². The molecule has 11 heavy (non-hydrogen) atoms. The van der Waals surface area contributed by atoms with E-state index in [9.17, 15) is 0 Å². The van der Waals surface area contributed by atoms with Crippen LogP contribution in [0.5, 0.6) is 0 Å². The average Bonchev–Trinajstić information content (AvgIpc) is 2.39. The summed E-state index contributed by atoms with van der Waals surface area (Å²) >= 11 is 5.83. The Kier molecular flexibility index (Phi) is 3.20. The lowest BCUT2D eigenvalue weighted by molar-refractivity contribution is 0.174. The predicted octanol–water partition coefficient (Wildman–Crippen LogP) is 2.68. The summed E-state index contributed by atoms with van der Waals surface area (Å²) in [5.41, 5.74) is 0.292. The molecule has 1 heterocycles. The first-order chi connectivity index (χ1) is 5.14. The van der Waals surface area contributed by atoms with Gasteiger partial charge < -0.3 is 4.74 Å². The Bertz CT molecular complexity index is 117. The molecule has 1 nitrogen and oxygen atoms in total. The molecule has 0 aromatic carbocycles. The minimum atomic E-state index is 0.292. The molecule has 0 radical (unpaired) electrons. The van der Waals surface area contributed by atoms with Crippen LogP contribution in [0.3, 0.4) is 0 Å². The number of halogens is 1. The highest BCUT2D eigenvalue weighted by atomic mass is 35.5. The molecule has 1 aliphatic heterocycles. The van der Waals surface area contributed by atoms with E-state index in [0.717, 1.165) is 25.0 Å². The Labute approximate surface area is 74.1 Å². The van der Waals surface area contributed by atoms with Crippen LogP contribution in [-0.4, -0.2) is 19.1 Å². The smallest absolute Gasteiger partial charge is 0.0495 e. The van der Waals surface area contributed by atoms with Gasteiger partial charge in [0.1, 0.15) is 0 Å². The molecular weight excluding hydrogens is 160 g/mol. The van der Waals surface area contributed by atoms with E-state index < -0.39 is 0 Å². The van der Waals surface area contributed by atoms with Crippen molar-refractivity contribution in [3.63, 3.8) is 0 Å². The van der Waals surface area contributed by atoms with Crippen molar-refractivity contribution in [2.45, 2.75) is 26.7 Å². The Hall–Kier alpha value is 0.250. The molecule has 1 rings (SSSR count). The molecule has 1 atom stereocenters. The van der Waals surface area contributed by atoms with Gasteiger partial charge in [0.2, 0.25) is 0 Å². The summed E-state index contributed by atoms with van der Waals surface area (Å²) in [6.07, 6.45) is 2.43. The second kappa shape index (κ2) is 3.77. The Morgan fingerprint density at radius 1 is 1.55 bits per heavy atom. The van der Waals surface area contributed by atoms with Gasteiger partial charge in [-0.2, -0.15) is 0 Å². The fraction of sp³-hybridized carbons (Fsp3) is 1.00. The molecule has 0 bridgehead atoms. The van der Waals surface area contributed by atoms with E-state index in [2.05, 4.69) is 13.8 Å². The van der Waals surface area contributed by atoms with Crippen molar-refractivity contribution in [2.75, 3.05) is 19.1 Å². The standard InChI is InChI=1S/C9H17ClO/c1-9(2,7-10)5-8-3-4-11-6-8/h8H,3-7H2,1-2H3. The molecule has 1 unspecified atom stereocenters. The minimum absolute atomic E-state index is 0.292. The summed E-state index contributed by atoms with van der Waals surface area (Å²) < 4.78 is 5.30. The summed E-state index contributed by atoms with van der Waals surface area (Å²) in [5, 5.41) is 0. The maximum Gasteiger partial charge on any atom is 0.0495 e. The van der Waals surface area contributed by atoms with Crippen LogP contribution in [0.1, 0.15) is 26.7 Å². The van der Waals surface area contributed by atoms with E-state index in [1.165, 1.54) is 12.8 Å². The maximum atomic E-state index is 5.83. The number of ether oxygens (including phenoxy) is 1. The van der Waals surface area contributed by atoms with E-state index in [-0.39, 0.29) is 0 Å². The van der Waals surface area contributed by atoms with Crippen LogP contribution in [0, 0.1) is 11.3 Å². The summed E-state index contributed by atoms with van der Waals surface area (Å²) in [7, 11) is 0. The third kappa shape index (κ3) is 3.00. The monoisotopic (exact) mass is 176 g/mol. The molecule has 0 amide bonds. The second-order valence-electron chi connectivity index (χ2n) is 4.23. The lowest BCUT2D eigenvalue weighted by Gasteiger charge is -2.24. The van der Waals surface area contributed by atoms with Crippen molar-refractivity contribution < 1.29 is 4.74 Å². The van der Waals surface area contributed by atoms with E-state index in [4.69, 9.17) is 16.3 Å². The predicted molar refractivity (Wildman–Crippen MR) is 48.0 cm³/mol. The van der Waals surface area contributed by atoms with Gasteiger partial charge >= 0.3 is 0 Å². The molecule has 0 aromatic rings. The van der Waals surface area contributed by atoms with Gasteiger partial charge in [-0.1, -0.05) is 13.8 Å². The minimum Gasteiger partial charge on any atom is -0.381 e. The maximum absolute atomic E-state index is 5.83. The third-order valence-electron chi connectivity index (χ3n) is 2.23. The molecule has 0 aromatic heterocycles. The molecule has 66 valence electrons. The van der Waals surface area contributed by atoms with Crippen molar-refractivity contribution in [3.05, 3.63) is 0 Å². The van der Waals surface area contributed by atoms with Crippen molar-refractivity contribution >= 4 is 11.6 Å². The van der Waals surface area contributed by atoms with Gasteiger partial charge in [0.25, 0.3) is 0 Å². The summed E-state index contributed by atoms with van der Waals surface area (Å²) in [6, 6.07) is 0. The van der Waals surface area contributed by atoms with Crippen LogP contribution in [0.15, 0.2) is 0 Å². The molecule has 0 aliphatic carbocycles. The molecule has 0 N–H and O–H groups in total. The molecule has 1 fully saturated rings. The zero-order valence-electron chi connectivity index (χ0n) is 7.40. The number of hydrogen-bond acceptors (Lipinski definition) is 1. The van der Waals surface area contributed by atoms with Gasteiger partial charge in [-0.3, -0.25) is 0 Å². The molecule has 1 aliphatic rings. The zero-order valence-corrected chi connectivity index (χ0v) is 8.16. The summed E-state index contributed by atoms with van der Waals surface area (Å²) in [5.74, 6) is 1.51. The van der Waals surface area contributed by atoms with Crippen LogP contribution in [0.25, 0.3) is 0 Å². The van der Waals surface area contributed by atoms with Crippen LogP contribution in [-0.2, 0) is 4.74 Å². The van der Waals surface area contributed by atoms with Gasteiger partial charge in [0.15, 0.2) is 0 Å². The fourth-order valence-electron chi connectivity index (χ4n) is 1.58. The van der Waals surface area contributed by atoms with Crippen molar-refractivity contribution in [1.29, 1.82) is 0 Å². The highest BCUT2D eigenvalue weighted by Gasteiger charge is 2.25. The van der Waals surface area contributed by atoms with E-state index in [1.807, 2.05) is 0 Å². The van der Waals surface area contributed by atoms with Crippen LogP contribution in [0.4, 0.5) is 0 Å². The first-order valence-corrected chi connectivity index (χ1v) is 4.81. The number of hydrogen-bond donors (Lipinski definition) is 0. The van der Waals surface area contributed by atoms with Crippen LogP contribution < -0.4 is 0 Å². The first-order valence-electron chi connectivity index (χ1n) is 4.28. The SMILES string of the molecule is CC(C)(CCl)CC1CCOC1. The van der Waals surface area contributed by atoms with Crippen molar-refractivity contribution in [3.8, 4) is 0 Å². The second-order valence-corrected chi connectivity index (χ2v) is 4.50. The molecule has 2 heteroatoms. The number of rotatable bonds is 3.